The molecule has 5 nitrogen and oxygen atoms in total. The van der Waals surface area contributed by atoms with Crippen LogP contribution in [-0.4, -0.2) is 43.4 Å². The van der Waals surface area contributed by atoms with Gasteiger partial charge in [0.15, 0.2) is 0 Å². The number of hydrogen-bond donors (Lipinski definition) is 1. The summed E-state index contributed by atoms with van der Waals surface area (Å²) in [7, 11) is -3.48. The van der Waals surface area contributed by atoms with Gasteiger partial charge in [0.2, 0.25) is 10.0 Å². The summed E-state index contributed by atoms with van der Waals surface area (Å²) in [6.07, 6.45) is 1.67. The molecule has 1 atom stereocenters. The number of piperazine rings is 1. The van der Waals surface area contributed by atoms with Crippen LogP contribution in [0.5, 0.6) is 0 Å². The van der Waals surface area contributed by atoms with Crippen LogP contribution in [0.4, 0.5) is 0 Å². The highest BCUT2D eigenvalue weighted by Crippen LogP contribution is 2.26. The molecule has 2 aromatic rings. The van der Waals surface area contributed by atoms with Crippen molar-refractivity contribution in [2.24, 2.45) is 0 Å². The summed E-state index contributed by atoms with van der Waals surface area (Å²) in [5, 5.41) is 3.89. The van der Waals surface area contributed by atoms with E-state index < -0.39 is 10.0 Å². The number of benzene rings is 1. The lowest BCUT2D eigenvalue weighted by Crippen LogP contribution is -2.52. The molecule has 0 amide bonds. The highest BCUT2D eigenvalue weighted by molar-refractivity contribution is 7.89. The molecule has 0 saturated carbocycles. The Balaban J connectivity index is 0.00000161. The number of halogens is 1. The Bertz CT molecular complexity index is 731. The molecule has 2 heterocycles. The summed E-state index contributed by atoms with van der Waals surface area (Å²) in [6.45, 7) is 3.79. The maximum Gasteiger partial charge on any atom is 0.244 e. The number of aromatic nitrogens is 1. The van der Waals surface area contributed by atoms with Crippen LogP contribution in [0.25, 0.3) is 10.9 Å². The van der Waals surface area contributed by atoms with E-state index in [4.69, 9.17) is 0 Å². The fourth-order valence-corrected chi connectivity index (χ4v) is 4.44. The van der Waals surface area contributed by atoms with Gasteiger partial charge < -0.3 is 5.32 Å². The largest absolute Gasteiger partial charge is 0.314 e. The van der Waals surface area contributed by atoms with Gasteiger partial charge in [-0.3, -0.25) is 4.98 Å². The van der Waals surface area contributed by atoms with Crippen LogP contribution in [0.1, 0.15) is 6.92 Å². The lowest BCUT2D eigenvalue weighted by atomic mass is 10.2. The van der Waals surface area contributed by atoms with Gasteiger partial charge in [-0.15, -0.1) is 12.4 Å². The standard InChI is InChI=1S/C14H17N3O2S.ClH/c1-11-10-15-8-9-17(11)20(18,19)14-6-2-5-13-12(14)4-3-7-16-13;/h2-7,11,15H,8-10H2,1H3;1H/t11-;/m0./s1. The van der Waals surface area contributed by atoms with Crippen LogP contribution in [0.3, 0.4) is 0 Å². The zero-order valence-electron chi connectivity index (χ0n) is 11.7. The van der Waals surface area contributed by atoms with E-state index in [1.165, 1.54) is 0 Å². The molecule has 1 fully saturated rings. The number of nitrogens with one attached hydrogen (secondary N) is 1. The molecule has 3 rings (SSSR count). The monoisotopic (exact) mass is 327 g/mol. The van der Waals surface area contributed by atoms with Gasteiger partial charge in [0.1, 0.15) is 0 Å². The summed E-state index contributed by atoms with van der Waals surface area (Å²) in [6, 6.07) is 8.77. The Kier molecular flexibility index (Phi) is 4.83. The predicted octanol–water partition coefficient (Wildman–Crippen LogP) is 1.64. The first-order valence-corrected chi connectivity index (χ1v) is 8.11. The lowest BCUT2D eigenvalue weighted by Gasteiger charge is -2.33. The number of rotatable bonds is 2. The molecule has 7 heteroatoms. The van der Waals surface area contributed by atoms with E-state index in [0.29, 0.717) is 35.4 Å². The molecule has 1 aromatic heterocycles. The van der Waals surface area contributed by atoms with Gasteiger partial charge in [0, 0.05) is 37.3 Å². The number of sulfonamides is 1. The van der Waals surface area contributed by atoms with E-state index in [9.17, 15) is 8.42 Å². The molecule has 0 bridgehead atoms. The Labute approximate surface area is 130 Å². The molecular formula is C14H18ClN3O2S. The van der Waals surface area contributed by atoms with Gasteiger partial charge in [-0.05, 0) is 31.2 Å². The SMILES string of the molecule is C[C@H]1CNCCN1S(=O)(=O)c1cccc2ncccc12.Cl. The third-order valence-corrected chi connectivity index (χ3v) is 5.70. The summed E-state index contributed by atoms with van der Waals surface area (Å²) in [4.78, 5) is 4.57. The van der Waals surface area contributed by atoms with Crippen LogP contribution in [0.2, 0.25) is 0 Å². The van der Waals surface area contributed by atoms with Crippen LogP contribution in [0, 0.1) is 0 Å². The van der Waals surface area contributed by atoms with E-state index >= 15 is 0 Å². The average Bonchev–Trinajstić information content (AvgIpc) is 2.47. The molecule has 21 heavy (non-hydrogen) atoms. The second-order valence-electron chi connectivity index (χ2n) is 5.00. The highest BCUT2D eigenvalue weighted by atomic mass is 35.5. The number of pyridine rings is 1. The molecule has 114 valence electrons. The first kappa shape index (κ1) is 16.2. The van der Waals surface area contributed by atoms with Gasteiger partial charge in [0.25, 0.3) is 0 Å². The fraction of sp³-hybridized carbons (Fsp3) is 0.357. The molecule has 1 aliphatic heterocycles. The second-order valence-corrected chi connectivity index (χ2v) is 6.85. The Morgan fingerprint density at radius 2 is 2.10 bits per heavy atom. The summed E-state index contributed by atoms with van der Waals surface area (Å²) >= 11 is 0. The topological polar surface area (TPSA) is 62.3 Å². The van der Waals surface area contributed by atoms with Crippen molar-refractivity contribution >= 4 is 33.3 Å². The van der Waals surface area contributed by atoms with Crippen LogP contribution in [0.15, 0.2) is 41.4 Å². The molecule has 0 unspecified atom stereocenters. The maximum absolute atomic E-state index is 12.9. The Morgan fingerprint density at radius 1 is 1.29 bits per heavy atom. The van der Waals surface area contributed by atoms with E-state index in [0.717, 1.165) is 0 Å². The van der Waals surface area contributed by atoms with Gasteiger partial charge in [-0.1, -0.05) is 6.07 Å². The number of fused-ring (bicyclic) bond motifs is 1. The summed E-state index contributed by atoms with van der Waals surface area (Å²) < 4.78 is 27.3. The summed E-state index contributed by atoms with van der Waals surface area (Å²) in [5.41, 5.74) is 0.705. The minimum atomic E-state index is -3.48. The van der Waals surface area contributed by atoms with Gasteiger partial charge in [-0.2, -0.15) is 4.31 Å². The third-order valence-electron chi connectivity index (χ3n) is 3.63. The van der Waals surface area contributed by atoms with E-state index in [2.05, 4.69) is 10.3 Å². The van der Waals surface area contributed by atoms with E-state index in [1.54, 1.807) is 28.7 Å². The normalized spacial score (nSPS) is 20.1. The van der Waals surface area contributed by atoms with Crippen LogP contribution < -0.4 is 5.32 Å². The van der Waals surface area contributed by atoms with E-state index in [1.807, 2.05) is 19.1 Å². The van der Waals surface area contributed by atoms with Crippen molar-refractivity contribution in [3.05, 3.63) is 36.5 Å². The molecule has 0 spiro atoms. The molecule has 1 aromatic carbocycles. The molecule has 0 radical (unpaired) electrons. The van der Waals surface area contributed by atoms with Crippen molar-refractivity contribution in [2.45, 2.75) is 17.9 Å². The van der Waals surface area contributed by atoms with Crippen molar-refractivity contribution < 1.29 is 8.42 Å². The third kappa shape index (κ3) is 2.89. The number of nitrogens with zero attached hydrogens (tertiary/aromatic N) is 2. The quantitative estimate of drug-likeness (QED) is 0.911. The zero-order chi connectivity index (χ0) is 14.2. The minimum Gasteiger partial charge on any atom is -0.314 e. The van der Waals surface area contributed by atoms with Crippen molar-refractivity contribution in [2.75, 3.05) is 19.6 Å². The first-order chi connectivity index (χ1) is 9.60. The van der Waals surface area contributed by atoms with Gasteiger partial charge >= 0.3 is 0 Å². The second kappa shape index (κ2) is 6.27. The lowest BCUT2D eigenvalue weighted by molar-refractivity contribution is 0.284. The zero-order valence-corrected chi connectivity index (χ0v) is 13.3. The predicted molar refractivity (Wildman–Crippen MR) is 85.2 cm³/mol. The first-order valence-electron chi connectivity index (χ1n) is 6.67. The maximum atomic E-state index is 12.9. The fourth-order valence-electron chi connectivity index (χ4n) is 2.61. The van der Waals surface area contributed by atoms with Gasteiger partial charge in [-0.25, -0.2) is 8.42 Å². The highest BCUT2D eigenvalue weighted by Gasteiger charge is 2.31. The van der Waals surface area contributed by atoms with Crippen molar-refractivity contribution in [3.63, 3.8) is 0 Å². The molecular weight excluding hydrogens is 310 g/mol. The van der Waals surface area contributed by atoms with Gasteiger partial charge in [0.05, 0.1) is 10.4 Å². The molecule has 0 aliphatic carbocycles. The smallest absolute Gasteiger partial charge is 0.244 e. The Hall–Kier alpha value is -1.21. The molecule has 1 N–H and O–H groups in total. The molecule has 1 aliphatic rings. The van der Waals surface area contributed by atoms with Crippen LogP contribution >= 0.6 is 12.4 Å². The van der Waals surface area contributed by atoms with Crippen molar-refractivity contribution in [1.82, 2.24) is 14.6 Å². The van der Waals surface area contributed by atoms with Crippen molar-refractivity contribution in [1.29, 1.82) is 0 Å². The molecule has 1 saturated heterocycles. The van der Waals surface area contributed by atoms with E-state index in [-0.39, 0.29) is 18.4 Å². The summed E-state index contributed by atoms with van der Waals surface area (Å²) in [5.74, 6) is 0. The van der Waals surface area contributed by atoms with Crippen molar-refractivity contribution in [3.8, 4) is 0 Å². The van der Waals surface area contributed by atoms with Crippen LogP contribution in [-0.2, 0) is 10.0 Å². The average molecular weight is 328 g/mol. The minimum absolute atomic E-state index is 0. The Morgan fingerprint density at radius 3 is 2.86 bits per heavy atom. The number of hydrogen-bond acceptors (Lipinski definition) is 4.